The average molecular weight is 256 g/mol. The smallest absolute Gasteiger partial charge is 0.124 e. The van der Waals surface area contributed by atoms with Crippen LogP contribution < -0.4 is 4.74 Å². The SMILES string of the molecule is CN(C)C1CCOc2ccc(Br)cc21. The van der Waals surface area contributed by atoms with Gasteiger partial charge in [0, 0.05) is 22.5 Å². The molecule has 0 aromatic heterocycles. The molecule has 2 nitrogen and oxygen atoms in total. The van der Waals surface area contributed by atoms with E-state index in [0.717, 1.165) is 23.2 Å². The van der Waals surface area contributed by atoms with Crippen molar-refractivity contribution in [1.82, 2.24) is 4.90 Å². The number of rotatable bonds is 1. The highest BCUT2D eigenvalue weighted by atomic mass is 79.9. The van der Waals surface area contributed by atoms with Crippen molar-refractivity contribution >= 4 is 15.9 Å². The molecule has 0 spiro atoms. The standard InChI is InChI=1S/C11H14BrNO/c1-13(2)10-5-6-14-11-4-3-8(12)7-9(10)11/h3-4,7,10H,5-6H2,1-2H3. The van der Waals surface area contributed by atoms with Crippen LogP contribution in [0.5, 0.6) is 5.75 Å². The minimum Gasteiger partial charge on any atom is -0.493 e. The molecule has 0 amide bonds. The zero-order valence-corrected chi connectivity index (χ0v) is 10.0. The van der Waals surface area contributed by atoms with Crippen LogP contribution >= 0.6 is 15.9 Å². The van der Waals surface area contributed by atoms with Gasteiger partial charge in [0.05, 0.1) is 6.61 Å². The number of hydrogen-bond donors (Lipinski definition) is 0. The zero-order valence-electron chi connectivity index (χ0n) is 8.46. The zero-order chi connectivity index (χ0) is 10.1. The van der Waals surface area contributed by atoms with Crippen molar-refractivity contribution in [3.63, 3.8) is 0 Å². The molecule has 0 saturated heterocycles. The van der Waals surface area contributed by atoms with Crippen LogP contribution in [0, 0.1) is 0 Å². The first-order valence-corrected chi connectivity index (χ1v) is 5.56. The summed E-state index contributed by atoms with van der Waals surface area (Å²) in [5.41, 5.74) is 1.29. The van der Waals surface area contributed by atoms with E-state index in [1.165, 1.54) is 5.56 Å². The lowest BCUT2D eigenvalue weighted by Gasteiger charge is -2.30. The topological polar surface area (TPSA) is 12.5 Å². The van der Waals surface area contributed by atoms with Gasteiger partial charge in [-0.1, -0.05) is 15.9 Å². The van der Waals surface area contributed by atoms with Gasteiger partial charge in [0.15, 0.2) is 0 Å². The van der Waals surface area contributed by atoms with E-state index in [-0.39, 0.29) is 0 Å². The van der Waals surface area contributed by atoms with Crippen molar-refractivity contribution in [2.24, 2.45) is 0 Å². The Morgan fingerprint density at radius 1 is 1.43 bits per heavy atom. The van der Waals surface area contributed by atoms with E-state index in [1.54, 1.807) is 0 Å². The number of ether oxygens (including phenoxy) is 1. The van der Waals surface area contributed by atoms with Crippen molar-refractivity contribution in [2.45, 2.75) is 12.5 Å². The maximum Gasteiger partial charge on any atom is 0.124 e. The molecule has 0 fully saturated rings. The Morgan fingerprint density at radius 2 is 2.21 bits per heavy atom. The second-order valence-corrected chi connectivity index (χ2v) is 4.71. The summed E-state index contributed by atoms with van der Waals surface area (Å²) in [5.74, 6) is 1.03. The van der Waals surface area contributed by atoms with E-state index in [0.29, 0.717) is 6.04 Å². The second-order valence-electron chi connectivity index (χ2n) is 3.80. The fourth-order valence-corrected chi connectivity index (χ4v) is 2.26. The van der Waals surface area contributed by atoms with Crippen LogP contribution in [0.4, 0.5) is 0 Å². The summed E-state index contributed by atoms with van der Waals surface area (Å²) in [7, 11) is 4.22. The molecule has 1 heterocycles. The highest BCUT2D eigenvalue weighted by Crippen LogP contribution is 2.36. The molecular weight excluding hydrogens is 242 g/mol. The van der Waals surface area contributed by atoms with Crippen LogP contribution in [-0.2, 0) is 0 Å². The third-order valence-electron chi connectivity index (χ3n) is 2.60. The molecule has 1 aromatic rings. The number of fused-ring (bicyclic) bond motifs is 1. The van der Waals surface area contributed by atoms with E-state index < -0.39 is 0 Å². The molecule has 14 heavy (non-hydrogen) atoms. The Bertz CT molecular complexity index is 338. The van der Waals surface area contributed by atoms with Crippen molar-refractivity contribution in [2.75, 3.05) is 20.7 Å². The predicted molar refractivity (Wildman–Crippen MR) is 60.7 cm³/mol. The normalized spacial score (nSPS) is 20.4. The summed E-state index contributed by atoms with van der Waals surface area (Å²) in [4.78, 5) is 2.24. The molecule has 76 valence electrons. The van der Waals surface area contributed by atoms with Gasteiger partial charge in [0.25, 0.3) is 0 Å². The van der Waals surface area contributed by atoms with Gasteiger partial charge in [0.2, 0.25) is 0 Å². The van der Waals surface area contributed by atoms with Gasteiger partial charge in [-0.25, -0.2) is 0 Å². The first kappa shape index (κ1) is 9.99. The molecule has 0 saturated carbocycles. The van der Waals surface area contributed by atoms with Gasteiger partial charge in [-0.05, 0) is 32.3 Å². The fraction of sp³-hybridized carbons (Fsp3) is 0.455. The Morgan fingerprint density at radius 3 is 2.93 bits per heavy atom. The van der Waals surface area contributed by atoms with Crippen molar-refractivity contribution in [3.05, 3.63) is 28.2 Å². The van der Waals surface area contributed by atoms with Gasteiger partial charge < -0.3 is 9.64 Å². The summed E-state index contributed by atoms with van der Waals surface area (Å²) in [6.07, 6.45) is 1.07. The van der Waals surface area contributed by atoms with Crippen LogP contribution in [0.2, 0.25) is 0 Å². The van der Waals surface area contributed by atoms with E-state index in [9.17, 15) is 0 Å². The Hall–Kier alpha value is -0.540. The first-order valence-electron chi connectivity index (χ1n) is 4.77. The lowest BCUT2D eigenvalue weighted by atomic mass is 10.00. The molecule has 1 aliphatic rings. The van der Waals surface area contributed by atoms with Crippen LogP contribution in [0.1, 0.15) is 18.0 Å². The van der Waals surface area contributed by atoms with Crippen molar-refractivity contribution in [3.8, 4) is 5.75 Å². The molecule has 1 aromatic carbocycles. The number of hydrogen-bond acceptors (Lipinski definition) is 2. The minimum absolute atomic E-state index is 0.483. The third kappa shape index (κ3) is 1.79. The van der Waals surface area contributed by atoms with E-state index in [4.69, 9.17) is 4.74 Å². The molecular formula is C11H14BrNO. The highest BCUT2D eigenvalue weighted by Gasteiger charge is 2.22. The van der Waals surface area contributed by atoms with E-state index >= 15 is 0 Å². The largest absolute Gasteiger partial charge is 0.493 e. The molecule has 0 aliphatic carbocycles. The van der Waals surface area contributed by atoms with Crippen LogP contribution in [0.15, 0.2) is 22.7 Å². The molecule has 0 radical (unpaired) electrons. The highest BCUT2D eigenvalue weighted by molar-refractivity contribution is 9.10. The maximum absolute atomic E-state index is 5.61. The summed E-state index contributed by atoms with van der Waals surface area (Å²) >= 11 is 3.49. The Balaban J connectivity index is 2.41. The quantitative estimate of drug-likeness (QED) is 0.766. The molecule has 0 bridgehead atoms. The lowest BCUT2D eigenvalue weighted by Crippen LogP contribution is -2.26. The molecule has 0 N–H and O–H groups in total. The van der Waals surface area contributed by atoms with Gasteiger partial charge in [-0.15, -0.1) is 0 Å². The first-order chi connectivity index (χ1) is 6.68. The number of halogens is 1. The summed E-state index contributed by atoms with van der Waals surface area (Å²) in [6.45, 7) is 0.817. The molecule has 1 atom stereocenters. The number of benzene rings is 1. The van der Waals surface area contributed by atoms with Gasteiger partial charge in [-0.3, -0.25) is 0 Å². The van der Waals surface area contributed by atoms with Crippen molar-refractivity contribution < 1.29 is 4.74 Å². The third-order valence-corrected chi connectivity index (χ3v) is 3.10. The van der Waals surface area contributed by atoms with Crippen LogP contribution in [0.3, 0.4) is 0 Å². The minimum atomic E-state index is 0.483. The fourth-order valence-electron chi connectivity index (χ4n) is 1.88. The number of nitrogens with zero attached hydrogens (tertiary/aromatic N) is 1. The van der Waals surface area contributed by atoms with E-state index in [1.807, 2.05) is 12.1 Å². The maximum atomic E-state index is 5.61. The Labute approximate surface area is 93.0 Å². The van der Waals surface area contributed by atoms with E-state index in [2.05, 4.69) is 41.0 Å². The molecule has 3 heteroatoms. The molecule has 1 aliphatic heterocycles. The predicted octanol–water partition coefficient (Wildman–Crippen LogP) is 2.83. The van der Waals surface area contributed by atoms with Gasteiger partial charge in [0.1, 0.15) is 5.75 Å². The molecule has 1 unspecified atom stereocenters. The summed E-state index contributed by atoms with van der Waals surface area (Å²) < 4.78 is 6.73. The van der Waals surface area contributed by atoms with Crippen molar-refractivity contribution in [1.29, 1.82) is 0 Å². The molecule has 2 rings (SSSR count). The van der Waals surface area contributed by atoms with Gasteiger partial charge in [-0.2, -0.15) is 0 Å². The average Bonchev–Trinajstić information content (AvgIpc) is 2.16. The van der Waals surface area contributed by atoms with Crippen LogP contribution in [0.25, 0.3) is 0 Å². The Kier molecular flexibility index (Phi) is 2.79. The summed E-state index contributed by atoms with van der Waals surface area (Å²) in [6, 6.07) is 6.70. The lowest BCUT2D eigenvalue weighted by molar-refractivity contribution is 0.189. The van der Waals surface area contributed by atoms with Crippen LogP contribution in [-0.4, -0.2) is 25.6 Å². The second kappa shape index (κ2) is 3.91. The monoisotopic (exact) mass is 255 g/mol. The summed E-state index contributed by atoms with van der Waals surface area (Å²) in [5, 5.41) is 0. The van der Waals surface area contributed by atoms with Gasteiger partial charge >= 0.3 is 0 Å².